The molecule has 10 aromatic rings. The van der Waals surface area contributed by atoms with Crippen LogP contribution in [0.5, 0.6) is 0 Å². The Morgan fingerprint density at radius 2 is 0.629 bits per heavy atom. The first-order valence-corrected chi connectivity index (χ1v) is 21.5. The number of para-hydroxylation sites is 4. The Balaban J connectivity index is 1.08. The van der Waals surface area contributed by atoms with Gasteiger partial charge < -0.3 is 9.80 Å². The summed E-state index contributed by atoms with van der Waals surface area (Å²) in [7, 11) is 0. The Labute approximate surface area is 365 Å². The molecule has 62 heavy (non-hydrogen) atoms. The highest BCUT2D eigenvalue weighted by molar-refractivity contribution is 6.04. The molecule has 10 aromatic carbocycles. The lowest BCUT2D eigenvalue weighted by molar-refractivity contribution is 1.22. The van der Waals surface area contributed by atoms with Crippen LogP contribution in [0.3, 0.4) is 0 Å². The summed E-state index contributed by atoms with van der Waals surface area (Å²) in [5, 5.41) is 4.97. The molecule has 0 aliphatic heterocycles. The van der Waals surface area contributed by atoms with E-state index in [-0.39, 0.29) is 0 Å². The molecule has 0 aliphatic carbocycles. The summed E-state index contributed by atoms with van der Waals surface area (Å²) in [5.41, 5.74) is 19.0. The molecule has 10 rings (SSSR count). The van der Waals surface area contributed by atoms with Crippen LogP contribution < -0.4 is 9.80 Å². The number of anilines is 6. The van der Waals surface area contributed by atoms with Gasteiger partial charge in [0.15, 0.2) is 0 Å². The molecule has 0 saturated heterocycles. The maximum atomic E-state index is 2.45. The van der Waals surface area contributed by atoms with Gasteiger partial charge in [0.25, 0.3) is 0 Å². The van der Waals surface area contributed by atoms with Crippen LogP contribution in [0, 0.1) is 27.7 Å². The topological polar surface area (TPSA) is 6.48 Å². The maximum Gasteiger partial charge on any atom is 0.0569 e. The third kappa shape index (κ3) is 7.00. The van der Waals surface area contributed by atoms with Crippen LogP contribution >= 0.6 is 0 Å². The Morgan fingerprint density at radius 1 is 0.274 bits per heavy atom. The maximum absolute atomic E-state index is 2.45. The largest absolute Gasteiger partial charge is 0.309 e. The Morgan fingerprint density at radius 3 is 1.05 bits per heavy atom. The van der Waals surface area contributed by atoms with Gasteiger partial charge in [0.1, 0.15) is 0 Å². The molecule has 0 bridgehead atoms. The average Bonchev–Trinajstić information content (AvgIpc) is 3.31. The number of hydrogen-bond acceptors (Lipinski definition) is 2. The van der Waals surface area contributed by atoms with E-state index in [4.69, 9.17) is 0 Å². The minimum Gasteiger partial charge on any atom is -0.309 e. The molecule has 0 amide bonds. The molecule has 0 radical (unpaired) electrons. The molecule has 298 valence electrons. The van der Waals surface area contributed by atoms with E-state index in [0.29, 0.717) is 0 Å². The molecule has 0 aromatic heterocycles. The highest BCUT2D eigenvalue weighted by Crippen LogP contribution is 2.48. The van der Waals surface area contributed by atoms with Gasteiger partial charge in [-0.3, -0.25) is 0 Å². The van der Waals surface area contributed by atoms with Gasteiger partial charge in [0.05, 0.1) is 11.4 Å². The van der Waals surface area contributed by atoms with Crippen LogP contribution in [0.25, 0.3) is 54.9 Å². The van der Waals surface area contributed by atoms with Crippen molar-refractivity contribution in [2.24, 2.45) is 0 Å². The fourth-order valence-electron chi connectivity index (χ4n) is 9.37. The van der Waals surface area contributed by atoms with E-state index >= 15 is 0 Å². The van der Waals surface area contributed by atoms with Crippen LogP contribution in [0.2, 0.25) is 0 Å². The lowest BCUT2D eigenvalue weighted by Crippen LogP contribution is -2.14. The number of hydrogen-bond donors (Lipinski definition) is 0. The van der Waals surface area contributed by atoms with Crippen molar-refractivity contribution in [3.05, 3.63) is 241 Å². The Hall–Kier alpha value is -7.68. The van der Waals surface area contributed by atoms with Crippen molar-refractivity contribution in [3.63, 3.8) is 0 Å². The average molecular weight is 797 g/mol. The van der Waals surface area contributed by atoms with Crippen molar-refractivity contribution in [3.8, 4) is 33.4 Å². The third-order valence-electron chi connectivity index (χ3n) is 12.3. The van der Waals surface area contributed by atoms with E-state index in [1.54, 1.807) is 0 Å². The molecule has 0 atom stereocenters. The zero-order valence-electron chi connectivity index (χ0n) is 35.7. The van der Waals surface area contributed by atoms with Crippen molar-refractivity contribution in [2.75, 3.05) is 9.80 Å². The predicted octanol–water partition coefficient (Wildman–Crippen LogP) is 17.2. The molecule has 2 nitrogen and oxygen atoms in total. The van der Waals surface area contributed by atoms with Crippen LogP contribution in [0.4, 0.5) is 34.1 Å². The summed E-state index contributed by atoms with van der Waals surface area (Å²) in [4.78, 5) is 4.90. The van der Waals surface area contributed by atoms with Crippen molar-refractivity contribution in [1.82, 2.24) is 0 Å². The SMILES string of the molecule is Cc1cc(-c2ccc(N(c3ccccc3)c3c(C)cccc3-c3cccc4ccccc34)c(C)c2)ccc1N(c1ccccc1)c1c(C)cccc1-c1cccc2ccccc12. The van der Waals surface area contributed by atoms with E-state index < -0.39 is 0 Å². The van der Waals surface area contributed by atoms with Gasteiger partial charge in [-0.1, -0.05) is 170 Å². The fraction of sp³-hybridized carbons (Fsp3) is 0.0667. The van der Waals surface area contributed by atoms with Gasteiger partial charge in [0.2, 0.25) is 0 Å². The van der Waals surface area contributed by atoms with E-state index in [1.807, 2.05) is 0 Å². The van der Waals surface area contributed by atoms with Crippen LogP contribution in [0.1, 0.15) is 22.3 Å². The molecule has 0 N–H and O–H groups in total. The van der Waals surface area contributed by atoms with E-state index in [9.17, 15) is 0 Å². The highest BCUT2D eigenvalue weighted by Gasteiger charge is 2.24. The van der Waals surface area contributed by atoms with E-state index in [0.717, 1.165) is 22.7 Å². The quantitative estimate of drug-likeness (QED) is 0.144. The number of benzene rings is 10. The molecule has 0 saturated carbocycles. The van der Waals surface area contributed by atoms with Gasteiger partial charge in [0, 0.05) is 33.9 Å². The minimum absolute atomic E-state index is 1.12. The summed E-state index contributed by atoms with van der Waals surface area (Å²) in [6, 6.07) is 79.5. The first-order valence-electron chi connectivity index (χ1n) is 21.5. The summed E-state index contributed by atoms with van der Waals surface area (Å²) < 4.78 is 0. The number of rotatable bonds is 9. The smallest absolute Gasteiger partial charge is 0.0569 e. The second-order valence-corrected chi connectivity index (χ2v) is 16.3. The van der Waals surface area contributed by atoms with E-state index in [1.165, 1.54) is 88.6 Å². The molecule has 0 unspecified atom stereocenters. The molecular weight excluding hydrogens is 749 g/mol. The Bertz CT molecular complexity index is 3010. The number of aryl methyl sites for hydroxylation is 4. The zero-order chi connectivity index (χ0) is 42.2. The van der Waals surface area contributed by atoms with Gasteiger partial charge in [-0.2, -0.15) is 0 Å². The summed E-state index contributed by atoms with van der Waals surface area (Å²) in [5.74, 6) is 0. The molecule has 2 heteroatoms. The molecule has 0 spiro atoms. The van der Waals surface area contributed by atoms with Crippen molar-refractivity contribution in [1.29, 1.82) is 0 Å². The van der Waals surface area contributed by atoms with Gasteiger partial charge in [-0.25, -0.2) is 0 Å². The van der Waals surface area contributed by atoms with Gasteiger partial charge >= 0.3 is 0 Å². The monoisotopic (exact) mass is 796 g/mol. The second kappa shape index (κ2) is 16.4. The summed E-state index contributed by atoms with van der Waals surface area (Å²) in [6.07, 6.45) is 0. The molecule has 0 heterocycles. The highest BCUT2D eigenvalue weighted by atomic mass is 15.2. The van der Waals surface area contributed by atoms with Crippen LogP contribution in [0.15, 0.2) is 218 Å². The Kier molecular flexibility index (Phi) is 10.2. The van der Waals surface area contributed by atoms with Gasteiger partial charge in [-0.05, 0) is 142 Å². The molecular formula is C60H48N2. The summed E-state index contributed by atoms with van der Waals surface area (Å²) >= 11 is 0. The lowest BCUT2D eigenvalue weighted by atomic mass is 9.93. The number of nitrogens with zero attached hydrogens (tertiary/aromatic N) is 2. The fourth-order valence-corrected chi connectivity index (χ4v) is 9.37. The van der Waals surface area contributed by atoms with Gasteiger partial charge in [-0.15, -0.1) is 0 Å². The first-order chi connectivity index (χ1) is 30.4. The number of fused-ring (bicyclic) bond motifs is 2. The normalized spacial score (nSPS) is 11.2. The van der Waals surface area contributed by atoms with E-state index in [2.05, 4.69) is 256 Å². The second-order valence-electron chi connectivity index (χ2n) is 16.3. The van der Waals surface area contributed by atoms with Crippen LogP contribution in [-0.2, 0) is 0 Å². The first kappa shape index (κ1) is 38.5. The standard InChI is InChI=1S/C60H48N2/c1-41-19-15-33-55(53-31-17-23-45-21-11-13-29-51(45)53)59(41)61(49-25-7-5-8-26-49)57-37-35-47(39-43(57)3)48-36-38-58(44(4)40-48)62(50-27-9-6-10-28-50)60-42(2)20-16-34-56(60)54-32-18-24-46-22-12-14-30-52(46)54/h5-40H,1-4H3. The van der Waals surface area contributed by atoms with Crippen LogP contribution in [-0.4, -0.2) is 0 Å². The van der Waals surface area contributed by atoms with Crippen molar-refractivity contribution >= 4 is 55.7 Å². The third-order valence-corrected chi connectivity index (χ3v) is 12.3. The van der Waals surface area contributed by atoms with Crippen molar-refractivity contribution < 1.29 is 0 Å². The summed E-state index contributed by atoms with van der Waals surface area (Å²) in [6.45, 7) is 8.95. The molecule has 0 aliphatic rings. The van der Waals surface area contributed by atoms with Crippen molar-refractivity contribution in [2.45, 2.75) is 27.7 Å². The molecule has 0 fully saturated rings. The predicted molar refractivity (Wildman–Crippen MR) is 266 cm³/mol. The zero-order valence-corrected chi connectivity index (χ0v) is 35.7. The lowest BCUT2D eigenvalue weighted by Gasteiger charge is -2.31. The minimum atomic E-state index is 1.12.